The van der Waals surface area contributed by atoms with Gasteiger partial charge in [0, 0.05) is 5.69 Å². The predicted molar refractivity (Wildman–Crippen MR) is 114 cm³/mol. The molecule has 0 saturated carbocycles. The fourth-order valence-electron chi connectivity index (χ4n) is 3.38. The Bertz CT molecular complexity index is 857. The Balaban J connectivity index is 2.04. The highest BCUT2D eigenvalue weighted by Gasteiger charge is 2.44. The predicted octanol–water partition coefficient (Wildman–Crippen LogP) is 5.10. The minimum absolute atomic E-state index is 0.375. The van der Waals surface area contributed by atoms with Gasteiger partial charge in [0.05, 0.1) is 12.8 Å². The molecule has 1 aliphatic heterocycles. The minimum atomic E-state index is -0.375. The van der Waals surface area contributed by atoms with Crippen LogP contribution in [0.2, 0.25) is 0 Å². The number of ether oxygens (including phenoxy) is 1. The van der Waals surface area contributed by atoms with E-state index in [1.165, 1.54) is 11.1 Å². The molecule has 1 N–H and O–H groups in total. The van der Waals surface area contributed by atoms with Crippen molar-refractivity contribution in [2.75, 3.05) is 17.3 Å². The molecule has 0 aliphatic carbocycles. The first-order valence-corrected chi connectivity index (χ1v) is 9.22. The van der Waals surface area contributed by atoms with Crippen molar-refractivity contribution in [2.45, 2.75) is 39.7 Å². The molecule has 0 fully saturated rings. The number of rotatable bonds is 4. The van der Waals surface area contributed by atoms with Crippen molar-refractivity contribution in [3.63, 3.8) is 0 Å². The van der Waals surface area contributed by atoms with Crippen LogP contribution in [0.25, 0.3) is 0 Å². The quantitative estimate of drug-likeness (QED) is 0.763. The average Bonchev–Trinajstić information content (AvgIpc) is 2.88. The number of aliphatic imine (C=N–C) groups is 1. The normalized spacial score (nSPS) is 19.5. The van der Waals surface area contributed by atoms with Gasteiger partial charge < -0.3 is 15.0 Å². The largest absolute Gasteiger partial charge is 0.495 e. The zero-order chi connectivity index (χ0) is 18.9. The molecule has 0 saturated heterocycles. The van der Waals surface area contributed by atoms with E-state index in [1.54, 1.807) is 7.11 Å². The monoisotopic (exact) mass is 367 g/mol. The number of thiocarbonyl (C=S) groups is 1. The second kappa shape index (κ2) is 7.08. The van der Waals surface area contributed by atoms with E-state index >= 15 is 0 Å². The Labute approximate surface area is 160 Å². The summed E-state index contributed by atoms with van der Waals surface area (Å²) in [6, 6.07) is 14.2. The third kappa shape index (κ3) is 2.97. The summed E-state index contributed by atoms with van der Waals surface area (Å²) in [6.45, 7) is 8.52. The van der Waals surface area contributed by atoms with Gasteiger partial charge in [-0.2, -0.15) is 0 Å². The highest BCUT2D eigenvalue weighted by atomic mass is 32.1. The lowest BCUT2D eigenvalue weighted by Crippen LogP contribution is -2.51. The molecule has 1 heterocycles. The summed E-state index contributed by atoms with van der Waals surface area (Å²) in [6.07, 6.45) is 0.849. The number of benzene rings is 2. The number of methoxy groups -OCH3 is 1. The van der Waals surface area contributed by atoms with Crippen LogP contribution < -0.4 is 15.0 Å². The first kappa shape index (κ1) is 18.4. The summed E-state index contributed by atoms with van der Waals surface area (Å²) in [4.78, 5) is 6.82. The Morgan fingerprint density at radius 2 is 1.77 bits per heavy atom. The summed E-state index contributed by atoms with van der Waals surface area (Å²) in [7, 11) is 1.68. The highest BCUT2D eigenvalue weighted by molar-refractivity contribution is 7.80. The van der Waals surface area contributed by atoms with Crippen molar-refractivity contribution in [3.8, 4) is 5.75 Å². The summed E-state index contributed by atoms with van der Waals surface area (Å²) < 4.78 is 5.56. The second-order valence-electron chi connectivity index (χ2n) is 6.77. The van der Waals surface area contributed by atoms with E-state index in [9.17, 15) is 0 Å². The first-order valence-electron chi connectivity index (χ1n) is 8.82. The molecule has 0 amide bonds. The Morgan fingerprint density at radius 1 is 1.12 bits per heavy atom. The van der Waals surface area contributed by atoms with Crippen molar-refractivity contribution in [3.05, 3.63) is 53.6 Å². The van der Waals surface area contributed by atoms with Crippen LogP contribution in [-0.2, 0) is 0 Å². The van der Waals surface area contributed by atoms with Crippen LogP contribution in [0, 0.1) is 13.8 Å². The molecule has 0 bridgehead atoms. The van der Waals surface area contributed by atoms with Gasteiger partial charge in [0.25, 0.3) is 0 Å². The van der Waals surface area contributed by atoms with E-state index in [2.05, 4.69) is 56.1 Å². The van der Waals surface area contributed by atoms with Crippen LogP contribution in [-0.4, -0.2) is 23.6 Å². The van der Waals surface area contributed by atoms with Crippen molar-refractivity contribution in [1.29, 1.82) is 0 Å². The van der Waals surface area contributed by atoms with E-state index in [0.29, 0.717) is 5.11 Å². The fraction of sp³-hybridized carbons (Fsp3) is 0.333. The van der Waals surface area contributed by atoms with Crippen molar-refractivity contribution < 1.29 is 4.74 Å². The minimum Gasteiger partial charge on any atom is -0.495 e. The third-order valence-electron chi connectivity index (χ3n) is 5.14. The van der Waals surface area contributed by atoms with Gasteiger partial charge in [0.15, 0.2) is 0 Å². The maximum atomic E-state index is 5.65. The maximum absolute atomic E-state index is 5.65. The topological polar surface area (TPSA) is 36.9 Å². The molecule has 2 aromatic carbocycles. The smallest absolute Gasteiger partial charge is 0.202 e. The van der Waals surface area contributed by atoms with Gasteiger partial charge in [0.1, 0.15) is 17.1 Å². The SMILES string of the molecule is CCC1(C)C(Nc2c(C)cccc2C)=NC(=S)N1c1ccccc1OC. The molecule has 1 atom stereocenters. The molecule has 1 unspecified atom stereocenters. The van der Waals surface area contributed by atoms with Crippen molar-refractivity contribution in [1.82, 2.24) is 0 Å². The second-order valence-corrected chi connectivity index (χ2v) is 7.13. The fourth-order valence-corrected chi connectivity index (χ4v) is 3.78. The third-order valence-corrected chi connectivity index (χ3v) is 5.42. The van der Waals surface area contributed by atoms with E-state index in [4.69, 9.17) is 21.9 Å². The van der Waals surface area contributed by atoms with Crippen LogP contribution >= 0.6 is 12.2 Å². The van der Waals surface area contributed by atoms with Gasteiger partial charge in [-0.05, 0) is 62.7 Å². The average molecular weight is 368 g/mol. The zero-order valence-electron chi connectivity index (χ0n) is 16.0. The number of aryl methyl sites for hydroxylation is 2. The van der Waals surface area contributed by atoms with Crippen LogP contribution in [0.1, 0.15) is 31.4 Å². The number of amidine groups is 1. The van der Waals surface area contributed by atoms with Crippen molar-refractivity contribution in [2.24, 2.45) is 4.99 Å². The molecular weight excluding hydrogens is 342 g/mol. The number of nitrogens with zero attached hydrogens (tertiary/aromatic N) is 2. The molecule has 5 heteroatoms. The van der Waals surface area contributed by atoms with E-state index < -0.39 is 0 Å². The molecule has 0 spiro atoms. The molecular formula is C21H25N3OS. The summed E-state index contributed by atoms with van der Waals surface area (Å²) >= 11 is 5.65. The number of hydrogen-bond donors (Lipinski definition) is 1. The van der Waals surface area contributed by atoms with Crippen LogP contribution in [0.5, 0.6) is 5.75 Å². The van der Waals surface area contributed by atoms with Gasteiger partial charge in [0.2, 0.25) is 5.11 Å². The van der Waals surface area contributed by atoms with E-state index in [-0.39, 0.29) is 5.54 Å². The number of hydrogen-bond acceptors (Lipinski definition) is 3. The molecule has 4 nitrogen and oxygen atoms in total. The van der Waals surface area contributed by atoms with Gasteiger partial charge >= 0.3 is 0 Å². The van der Waals surface area contributed by atoms with Gasteiger partial charge in [-0.1, -0.05) is 37.3 Å². The molecule has 136 valence electrons. The molecule has 0 radical (unpaired) electrons. The highest BCUT2D eigenvalue weighted by Crippen LogP contribution is 2.39. The summed E-state index contributed by atoms with van der Waals surface area (Å²) in [5, 5.41) is 4.12. The molecule has 2 aromatic rings. The molecule has 3 rings (SSSR count). The van der Waals surface area contributed by atoms with E-state index in [0.717, 1.165) is 29.4 Å². The summed E-state index contributed by atoms with van der Waals surface area (Å²) in [5.41, 5.74) is 4.03. The van der Waals surface area contributed by atoms with Gasteiger partial charge in [-0.15, -0.1) is 0 Å². The lowest BCUT2D eigenvalue weighted by atomic mass is 9.94. The van der Waals surface area contributed by atoms with Crippen LogP contribution in [0.4, 0.5) is 11.4 Å². The molecule has 26 heavy (non-hydrogen) atoms. The first-order chi connectivity index (χ1) is 12.4. The number of para-hydroxylation sites is 3. The lowest BCUT2D eigenvalue weighted by molar-refractivity contribution is 0.413. The lowest BCUT2D eigenvalue weighted by Gasteiger charge is -2.37. The number of anilines is 2. The van der Waals surface area contributed by atoms with E-state index in [1.807, 2.05) is 24.3 Å². The summed E-state index contributed by atoms with van der Waals surface area (Å²) in [5.74, 6) is 1.66. The standard InChI is InChI=1S/C21H25N3OS/c1-6-21(4)19(22-18-14(2)10-9-11-15(18)3)23-20(26)24(21)16-12-7-8-13-17(16)25-5/h7-13H,6H2,1-5H3,(H,22,23,26). The Morgan fingerprint density at radius 3 is 2.38 bits per heavy atom. The maximum Gasteiger partial charge on any atom is 0.202 e. The van der Waals surface area contributed by atoms with Gasteiger partial charge in [-0.25, -0.2) is 4.99 Å². The Hall–Kier alpha value is -2.40. The number of nitrogens with one attached hydrogen (secondary N) is 1. The molecule has 0 aromatic heterocycles. The van der Waals surface area contributed by atoms with Crippen LogP contribution in [0.15, 0.2) is 47.5 Å². The van der Waals surface area contributed by atoms with Crippen molar-refractivity contribution >= 4 is 34.5 Å². The van der Waals surface area contributed by atoms with Gasteiger partial charge in [-0.3, -0.25) is 0 Å². The molecule has 1 aliphatic rings. The van der Waals surface area contributed by atoms with Crippen LogP contribution in [0.3, 0.4) is 0 Å². The zero-order valence-corrected chi connectivity index (χ0v) is 16.8. The Kier molecular flexibility index (Phi) is 5.01.